The predicted molar refractivity (Wildman–Crippen MR) is 97.1 cm³/mol. The summed E-state index contributed by atoms with van der Waals surface area (Å²) >= 11 is 3.17. The van der Waals surface area contributed by atoms with Gasteiger partial charge in [-0.05, 0) is 19.1 Å². The molecule has 3 aromatic rings. The first-order valence-electron chi connectivity index (χ1n) is 7.38. The molecule has 0 fully saturated rings. The standard InChI is InChI=1S/C17H17N3OS2/c1-3-20(12(2)21)17-18-14(11-23-17)10-22-16-9-8-13-6-4-5-7-15(13)19-16/h4-9,11H,3,10H2,1-2H3. The molecule has 23 heavy (non-hydrogen) atoms. The van der Waals surface area contributed by atoms with Crippen molar-refractivity contribution in [2.24, 2.45) is 0 Å². The topological polar surface area (TPSA) is 46.1 Å². The van der Waals surface area contributed by atoms with Crippen LogP contribution in [0.15, 0.2) is 46.8 Å². The summed E-state index contributed by atoms with van der Waals surface area (Å²) in [6, 6.07) is 12.2. The molecule has 2 aromatic heterocycles. The number of aromatic nitrogens is 2. The van der Waals surface area contributed by atoms with E-state index in [1.807, 2.05) is 36.6 Å². The van der Waals surface area contributed by atoms with Crippen LogP contribution in [0, 0.1) is 0 Å². The van der Waals surface area contributed by atoms with Gasteiger partial charge in [0.1, 0.15) is 0 Å². The van der Waals surface area contributed by atoms with Crippen LogP contribution in [0.4, 0.5) is 5.13 Å². The summed E-state index contributed by atoms with van der Waals surface area (Å²) in [5, 5.41) is 4.90. The van der Waals surface area contributed by atoms with E-state index in [1.54, 1.807) is 23.6 Å². The number of para-hydroxylation sites is 1. The van der Waals surface area contributed by atoms with Crippen LogP contribution in [0.25, 0.3) is 10.9 Å². The first-order valence-corrected chi connectivity index (χ1v) is 9.25. The molecule has 0 atom stereocenters. The second-order valence-electron chi connectivity index (χ2n) is 5.02. The Labute approximate surface area is 143 Å². The highest BCUT2D eigenvalue weighted by atomic mass is 32.2. The minimum Gasteiger partial charge on any atom is -0.289 e. The maximum Gasteiger partial charge on any atom is 0.225 e. The van der Waals surface area contributed by atoms with Crippen molar-refractivity contribution in [1.82, 2.24) is 9.97 Å². The fourth-order valence-electron chi connectivity index (χ4n) is 2.25. The van der Waals surface area contributed by atoms with Gasteiger partial charge in [-0.2, -0.15) is 0 Å². The summed E-state index contributed by atoms with van der Waals surface area (Å²) in [6.45, 7) is 4.16. The summed E-state index contributed by atoms with van der Waals surface area (Å²) in [5.74, 6) is 0.773. The van der Waals surface area contributed by atoms with Gasteiger partial charge in [0.15, 0.2) is 5.13 Å². The van der Waals surface area contributed by atoms with Gasteiger partial charge in [-0.1, -0.05) is 36.0 Å². The second-order valence-corrected chi connectivity index (χ2v) is 6.85. The van der Waals surface area contributed by atoms with Crippen molar-refractivity contribution >= 4 is 45.0 Å². The van der Waals surface area contributed by atoms with Crippen molar-refractivity contribution < 1.29 is 4.79 Å². The lowest BCUT2D eigenvalue weighted by Crippen LogP contribution is -2.27. The average Bonchev–Trinajstić information content (AvgIpc) is 3.01. The zero-order chi connectivity index (χ0) is 16.2. The van der Waals surface area contributed by atoms with Crippen LogP contribution in [-0.2, 0) is 10.5 Å². The monoisotopic (exact) mass is 343 g/mol. The summed E-state index contributed by atoms with van der Waals surface area (Å²) in [6.07, 6.45) is 0. The van der Waals surface area contributed by atoms with Crippen molar-refractivity contribution in [3.63, 3.8) is 0 Å². The number of anilines is 1. The Morgan fingerprint density at radius 3 is 2.83 bits per heavy atom. The van der Waals surface area contributed by atoms with E-state index >= 15 is 0 Å². The average molecular weight is 343 g/mol. The molecule has 0 aliphatic rings. The minimum atomic E-state index is 0.0252. The van der Waals surface area contributed by atoms with Gasteiger partial charge in [-0.3, -0.25) is 9.69 Å². The van der Waals surface area contributed by atoms with Crippen molar-refractivity contribution in [3.05, 3.63) is 47.5 Å². The number of fused-ring (bicyclic) bond motifs is 1. The number of thiazole rings is 1. The van der Waals surface area contributed by atoms with Crippen molar-refractivity contribution in [3.8, 4) is 0 Å². The summed E-state index contributed by atoms with van der Waals surface area (Å²) in [5.41, 5.74) is 1.98. The van der Waals surface area contributed by atoms with E-state index in [2.05, 4.69) is 22.1 Å². The molecule has 0 unspecified atom stereocenters. The van der Waals surface area contributed by atoms with Crippen LogP contribution in [0.2, 0.25) is 0 Å². The van der Waals surface area contributed by atoms with Gasteiger partial charge in [-0.25, -0.2) is 9.97 Å². The highest BCUT2D eigenvalue weighted by molar-refractivity contribution is 7.98. The second kappa shape index (κ2) is 7.10. The van der Waals surface area contributed by atoms with Crippen LogP contribution in [0.5, 0.6) is 0 Å². The number of carbonyl (C=O) groups is 1. The number of benzene rings is 1. The summed E-state index contributed by atoms with van der Waals surface area (Å²) in [4.78, 5) is 22.5. The van der Waals surface area contributed by atoms with Gasteiger partial charge in [-0.15, -0.1) is 11.3 Å². The SMILES string of the molecule is CCN(C(C)=O)c1nc(CSc2ccc3ccccc3n2)cs1. The highest BCUT2D eigenvalue weighted by Gasteiger charge is 2.13. The van der Waals surface area contributed by atoms with Crippen molar-refractivity contribution in [2.45, 2.75) is 24.6 Å². The number of hydrogen-bond donors (Lipinski definition) is 0. The molecule has 0 aliphatic carbocycles. The van der Waals surface area contributed by atoms with Gasteiger partial charge in [0.2, 0.25) is 5.91 Å². The Bertz CT molecular complexity index is 831. The number of amides is 1. The molecule has 3 rings (SSSR count). The first-order chi connectivity index (χ1) is 11.2. The van der Waals surface area contributed by atoms with E-state index in [0.29, 0.717) is 6.54 Å². The largest absolute Gasteiger partial charge is 0.289 e. The quantitative estimate of drug-likeness (QED) is 0.646. The highest BCUT2D eigenvalue weighted by Crippen LogP contribution is 2.27. The van der Waals surface area contributed by atoms with Gasteiger partial charge < -0.3 is 0 Å². The Kier molecular flexibility index (Phi) is 4.93. The summed E-state index contributed by atoms with van der Waals surface area (Å²) in [7, 11) is 0. The van der Waals surface area contributed by atoms with Crippen LogP contribution in [0.3, 0.4) is 0 Å². The Balaban J connectivity index is 1.70. The molecule has 0 aliphatic heterocycles. The Hall–Kier alpha value is -1.92. The third-order valence-corrected chi connectivity index (χ3v) is 5.28. The van der Waals surface area contributed by atoms with Gasteiger partial charge in [0.25, 0.3) is 0 Å². The molecule has 0 spiro atoms. The normalized spacial score (nSPS) is 10.9. The zero-order valence-electron chi connectivity index (χ0n) is 13.0. The number of hydrogen-bond acceptors (Lipinski definition) is 5. The van der Waals surface area contributed by atoms with E-state index in [9.17, 15) is 4.79 Å². The fourth-order valence-corrected chi connectivity index (χ4v) is 4.06. The molecule has 6 heteroatoms. The van der Waals surface area contributed by atoms with Crippen LogP contribution < -0.4 is 4.90 Å². The van der Waals surface area contributed by atoms with E-state index < -0.39 is 0 Å². The summed E-state index contributed by atoms with van der Waals surface area (Å²) < 4.78 is 0. The van der Waals surface area contributed by atoms with Gasteiger partial charge in [0.05, 0.1) is 16.2 Å². The number of nitrogens with zero attached hydrogens (tertiary/aromatic N) is 3. The molecule has 2 heterocycles. The number of thioether (sulfide) groups is 1. The fraction of sp³-hybridized carbons (Fsp3) is 0.235. The number of pyridine rings is 1. The third-order valence-electron chi connectivity index (χ3n) is 3.41. The van der Waals surface area contributed by atoms with Crippen LogP contribution in [0.1, 0.15) is 19.5 Å². The molecule has 0 N–H and O–H groups in total. The maximum atomic E-state index is 11.6. The number of rotatable bonds is 5. The first kappa shape index (κ1) is 16.0. The molecular formula is C17H17N3OS2. The van der Waals surface area contributed by atoms with E-state index in [1.165, 1.54) is 11.3 Å². The van der Waals surface area contributed by atoms with Gasteiger partial charge >= 0.3 is 0 Å². The van der Waals surface area contributed by atoms with E-state index in [4.69, 9.17) is 0 Å². The molecule has 0 saturated carbocycles. The van der Waals surface area contributed by atoms with Gasteiger partial charge in [0, 0.05) is 30.0 Å². The smallest absolute Gasteiger partial charge is 0.225 e. The third kappa shape index (κ3) is 3.71. The van der Waals surface area contributed by atoms with Crippen molar-refractivity contribution in [1.29, 1.82) is 0 Å². The van der Waals surface area contributed by atoms with E-state index in [0.717, 1.165) is 32.5 Å². The zero-order valence-corrected chi connectivity index (χ0v) is 14.7. The molecule has 1 amide bonds. The number of carbonyl (C=O) groups excluding carboxylic acids is 1. The minimum absolute atomic E-state index is 0.0252. The van der Waals surface area contributed by atoms with E-state index in [-0.39, 0.29) is 5.91 Å². The molecule has 1 aromatic carbocycles. The molecular weight excluding hydrogens is 326 g/mol. The van der Waals surface area contributed by atoms with Crippen LogP contribution >= 0.6 is 23.1 Å². The Morgan fingerprint density at radius 2 is 2.04 bits per heavy atom. The molecule has 0 saturated heterocycles. The molecule has 0 bridgehead atoms. The predicted octanol–water partition coefficient (Wildman–Crippen LogP) is 4.36. The molecule has 0 radical (unpaired) electrons. The lowest BCUT2D eigenvalue weighted by atomic mass is 10.2. The maximum absolute atomic E-state index is 11.6. The Morgan fingerprint density at radius 1 is 1.22 bits per heavy atom. The van der Waals surface area contributed by atoms with Crippen LogP contribution in [-0.4, -0.2) is 22.4 Å². The lowest BCUT2D eigenvalue weighted by Gasteiger charge is -2.14. The molecule has 118 valence electrons. The lowest BCUT2D eigenvalue weighted by molar-refractivity contribution is -0.116. The van der Waals surface area contributed by atoms with Crippen molar-refractivity contribution in [2.75, 3.05) is 11.4 Å². The molecule has 4 nitrogen and oxygen atoms in total.